The Balaban J connectivity index is 2.06. The first-order valence-electron chi connectivity index (χ1n) is 7.19. The van der Waals surface area contributed by atoms with Crippen LogP contribution < -0.4 is 10.1 Å². The number of carbonyl (C=O) groups excluding carboxylic acids is 2. The van der Waals surface area contributed by atoms with Gasteiger partial charge in [0.2, 0.25) is 0 Å². The molecular weight excluding hydrogens is 328 g/mol. The van der Waals surface area contributed by atoms with Crippen molar-refractivity contribution in [3.8, 4) is 11.8 Å². The Hall–Kier alpha value is -2.84. The number of Topliss-reactive ketones (excluding diaryl/α,β-unsaturated/α-hetero) is 1. The summed E-state index contributed by atoms with van der Waals surface area (Å²) in [5.74, 6) is -0.147. The van der Waals surface area contributed by atoms with E-state index in [0.29, 0.717) is 22.6 Å². The molecule has 0 aliphatic rings. The third kappa shape index (κ3) is 4.34. The van der Waals surface area contributed by atoms with Crippen LogP contribution in [0.25, 0.3) is 0 Å². The van der Waals surface area contributed by atoms with Gasteiger partial charge in [-0.25, -0.2) is 0 Å². The van der Waals surface area contributed by atoms with Gasteiger partial charge in [0.15, 0.2) is 11.9 Å². The number of anilines is 1. The molecule has 0 radical (unpaired) electrons. The fraction of sp³-hybridized carbons (Fsp3) is 0.167. The molecule has 0 aromatic heterocycles. The van der Waals surface area contributed by atoms with E-state index < -0.39 is 6.10 Å². The third-order valence-corrected chi connectivity index (χ3v) is 3.57. The van der Waals surface area contributed by atoms with E-state index in [0.717, 1.165) is 0 Å². The minimum absolute atomic E-state index is 0.0836. The van der Waals surface area contributed by atoms with Crippen LogP contribution in [0, 0.1) is 11.3 Å². The largest absolute Gasteiger partial charge is 0.479 e. The number of nitriles is 1. The lowest BCUT2D eigenvalue weighted by atomic mass is 10.1. The highest BCUT2D eigenvalue weighted by atomic mass is 35.5. The summed E-state index contributed by atoms with van der Waals surface area (Å²) in [6.07, 6.45) is -0.809. The quantitative estimate of drug-likeness (QED) is 0.838. The highest BCUT2D eigenvalue weighted by Crippen LogP contribution is 2.26. The van der Waals surface area contributed by atoms with Gasteiger partial charge in [0.25, 0.3) is 5.91 Å². The van der Waals surface area contributed by atoms with Crippen molar-refractivity contribution in [3.05, 3.63) is 58.6 Å². The number of rotatable bonds is 5. The smallest absolute Gasteiger partial charge is 0.265 e. The summed E-state index contributed by atoms with van der Waals surface area (Å²) in [5.41, 5.74) is 1.43. The van der Waals surface area contributed by atoms with E-state index in [1.165, 1.54) is 13.0 Å². The van der Waals surface area contributed by atoms with Crippen molar-refractivity contribution < 1.29 is 14.3 Å². The number of nitrogens with zero attached hydrogens (tertiary/aromatic N) is 1. The monoisotopic (exact) mass is 342 g/mol. The number of amides is 1. The van der Waals surface area contributed by atoms with Crippen LogP contribution in [-0.4, -0.2) is 17.8 Å². The van der Waals surface area contributed by atoms with Gasteiger partial charge in [-0.2, -0.15) is 5.26 Å². The van der Waals surface area contributed by atoms with Crippen molar-refractivity contribution in [1.29, 1.82) is 5.26 Å². The van der Waals surface area contributed by atoms with Crippen LogP contribution in [0.5, 0.6) is 5.75 Å². The maximum Gasteiger partial charge on any atom is 0.265 e. The fourth-order valence-corrected chi connectivity index (χ4v) is 2.19. The average molecular weight is 343 g/mol. The summed E-state index contributed by atoms with van der Waals surface area (Å²) in [6, 6.07) is 13.2. The van der Waals surface area contributed by atoms with E-state index in [4.69, 9.17) is 21.6 Å². The first-order chi connectivity index (χ1) is 11.4. The Morgan fingerprint density at radius 1 is 1.25 bits per heavy atom. The summed E-state index contributed by atoms with van der Waals surface area (Å²) in [5, 5.41) is 11.8. The molecule has 24 heavy (non-hydrogen) atoms. The second-order valence-electron chi connectivity index (χ2n) is 5.14. The van der Waals surface area contributed by atoms with E-state index in [9.17, 15) is 9.59 Å². The third-order valence-electron chi connectivity index (χ3n) is 3.27. The lowest BCUT2D eigenvalue weighted by Crippen LogP contribution is -2.30. The van der Waals surface area contributed by atoms with Gasteiger partial charge in [-0.1, -0.05) is 23.7 Å². The molecule has 2 rings (SSSR count). The number of nitrogens with one attached hydrogen (secondary N) is 1. The zero-order valence-corrected chi connectivity index (χ0v) is 13.9. The summed E-state index contributed by atoms with van der Waals surface area (Å²) in [6.45, 7) is 3.04. The zero-order valence-electron chi connectivity index (χ0n) is 13.2. The number of halogens is 1. The van der Waals surface area contributed by atoms with Crippen molar-refractivity contribution in [2.75, 3.05) is 5.32 Å². The van der Waals surface area contributed by atoms with Crippen molar-refractivity contribution in [3.63, 3.8) is 0 Å². The molecule has 0 aliphatic heterocycles. The molecule has 1 atom stereocenters. The van der Waals surface area contributed by atoms with Crippen LogP contribution in [0.4, 0.5) is 5.69 Å². The zero-order chi connectivity index (χ0) is 17.7. The molecule has 0 aliphatic carbocycles. The fourth-order valence-electron chi connectivity index (χ4n) is 1.97. The molecule has 1 N–H and O–H groups in total. The van der Waals surface area contributed by atoms with E-state index in [-0.39, 0.29) is 16.7 Å². The van der Waals surface area contributed by atoms with E-state index in [2.05, 4.69) is 5.32 Å². The number of ether oxygens (including phenoxy) is 1. The molecule has 0 saturated heterocycles. The molecule has 0 spiro atoms. The number of benzene rings is 2. The number of ketones is 1. The van der Waals surface area contributed by atoms with Gasteiger partial charge >= 0.3 is 0 Å². The van der Waals surface area contributed by atoms with Gasteiger partial charge in [0.1, 0.15) is 5.75 Å². The molecule has 1 amide bonds. The van der Waals surface area contributed by atoms with Gasteiger partial charge in [-0.15, -0.1) is 0 Å². The second-order valence-corrected chi connectivity index (χ2v) is 5.55. The van der Waals surface area contributed by atoms with Gasteiger partial charge in [0.05, 0.1) is 16.7 Å². The van der Waals surface area contributed by atoms with Gasteiger partial charge in [-0.05, 0) is 44.2 Å². The molecule has 6 heteroatoms. The van der Waals surface area contributed by atoms with Gasteiger partial charge in [-0.3, -0.25) is 9.59 Å². The highest BCUT2D eigenvalue weighted by Gasteiger charge is 2.17. The molecule has 0 bridgehead atoms. The minimum atomic E-state index is -0.809. The van der Waals surface area contributed by atoms with Gasteiger partial charge < -0.3 is 10.1 Å². The summed E-state index contributed by atoms with van der Waals surface area (Å²) < 4.78 is 5.54. The Morgan fingerprint density at radius 3 is 2.62 bits per heavy atom. The summed E-state index contributed by atoms with van der Waals surface area (Å²) in [7, 11) is 0. The Labute approximate surface area is 144 Å². The maximum atomic E-state index is 12.2. The standard InChI is InChI=1S/C18H15ClN2O3/c1-11(22)14-4-3-5-15(9-14)21-18(23)12(2)24-17-7-6-13(10-20)8-16(17)19/h3-9,12H,1-2H3,(H,21,23)/t12-/m1/s1. The molecule has 122 valence electrons. The Kier molecular flexibility index (Phi) is 5.56. The predicted octanol–water partition coefficient (Wildman–Crippen LogP) is 3.82. The number of hydrogen-bond donors (Lipinski definition) is 1. The molecule has 0 unspecified atom stereocenters. The first-order valence-corrected chi connectivity index (χ1v) is 7.56. The Morgan fingerprint density at radius 2 is 2.00 bits per heavy atom. The predicted molar refractivity (Wildman–Crippen MR) is 91.3 cm³/mol. The Bertz CT molecular complexity index is 827. The van der Waals surface area contributed by atoms with Crippen LogP contribution in [-0.2, 0) is 4.79 Å². The molecular formula is C18H15ClN2O3. The molecule has 2 aromatic rings. The van der Waals surface area contributed by atoms with Gasteiger partial charge in [0, 0.05) is 11.3 Å². The first kappa shape index (κ1) is 17.5. The molecule has 0 saturated carbocycles. The topological polar surface area (TPSA) is 79.2 Å². The second kappa shape index (κ2) is 7.62. The molecule has 0 heterocycles. The molecule has 0 fully saturated rings. The van der Waals surface area contributed by atoms with Crippen LogP contribution in [0.1, 0.15) is 29.8 Å². The lowest BCUT2D eigenvalue weighted by Gasteiger charge is -2.16. The lowest BCUT2D eigenvalue weighted by molar-refractivity contribution is -0.122. The van der Waals surface area contributed by atoms with Crippen LogP contribution >= 0.6 is 11.6 Å². The normalized spacial score (nSPS) is 11.2. The molecule has 5 nitrogen and oxygen atoms in total. The SMILES string of the molecule is CC(=O)c1cccc(NC(=O)[C@@H](C)Oc2ccc(C#N)cc2Cl)c1. The summed E-state index contributed by atoms with van der Waals surface area (Å²) in [4.78, 5) is 23.6. The van der Waals surface area contributed by atoms with Crippen LogP contribution in [0.2, 0.25) is 5.02 Å². The van der Waals surface area contributed by atoms with Crippen molar-refractivity contribution in [2.45, 2.75) is 20.0 Å². The average Bonchev–Trinajstić information content (AvgIpc) is 2.56. The van der Waals surface area contributed by atoms with Crippen molar-refractivity contribution in [1.82, 2.24) is 0 Å². The van der Waals surface area contributed by atoms with Crippen LogP contribution in [0.3, 0.4) is 0 Å². The highest BCUT2D eigenvalue weighted by molar-refractivity contribution is 6.32. The minimum Gasteiger partial charge on any atom is -0.479 e. The van der Waals surface area contributed by atoms with E-state index in [1.807, 2.05) is 6.07 Å². The van der Waals surface area contributed by atoms with Crippen molar-refractivity contribution >= 4 is 29.0 Å². The van der Waals surface area contributed by atoms with E-state index in [1.54, 1.807) is 43.3 Å². The summed E-state index contributed by atoms with van der Waals surface area (Å²) >= 11 is 6.03. The number of hydrogen-bond acceptors (Lipinski definition) is 4. The molecule has 2 aromatic carbocycles. The maximum absolute atomic E-state index is 12.2. The van der Waals surface area contributed by atoms with Crippen LogP contribution in [0.15, 0.2) is 42.5 Å². The van der Waals surface area contributed by atoms with Crippen molar-refractivity contribution in [2.24, 2.45) is 0 Å². The number of carbonyl (C=O) groups is 2. The van der Waals surface area contributed by atoms with E-state index >= 15 is 0 Å².